The van der Waals surface area contributed by atoms with Gasteiger partial charge in [-0.2, -0.15) is 0 Å². The van der Waals surface area contributed by atoms with E-state index in [1.54, 1.807) is 6.08 Å². The molecule has 8 heteroatoms. The Morgan fingerprint density at radius 3 is 2.62 bits per heavy atom. The molecule has 9 atom stereocenters. The van der Waals surface area contributed by atoms with Gasteiger partial charge in [0.15, 0.2) is 0 Å². The molecular weight excluding hydrogens is 474 g/mol. The fourth-order valence-corrected chi connectivity index (χ4v) is 5.24. The van der Waals surface area contributed by atoms with E-state index in [4.69, 9.17) is 18.9 Å². The first-order chi connectivity index (χ1) is 17.4. The lowest BCUT2D eigenvalue weighted by Gasteiger charge is -2.42. The minimum atomic E-state index is -0.752. The molecule has 0 radical (unpaired) electrons. The Balaban J connectivity index is 1.50. The highest BCUT2D eigenvalue weighted by molar-refractivity contribution is 5.66. The average Bonchev–Trinajstić information content (AvgIpc) is 3.59. The predicted octanol–water partition coefficient (Wildman–Crippen LogP) is 3.34. The molecule has 0 amide bonds. The lowest BCUT2D eigenvalue weighted by molar-refractivity contribution is -0.192. The lowest BCUT2D eigenvalue weighted by atomic mass is 9.82. The Kier molecular flexibility index (Phi) is 9.80. The number of hydrogen-bond acceptors (Lipinski definition) is 8. The SMILES string of the molecule is C=C(/C=C\[C@@H](C)OC(C)=O)NC1C[C@H](C)[C@H](C/C=C(C)/C=C/[C@H]2O[C@](C)(CO)C[C@@]3(CO3)[C@@H]2O)O[C@@H]1C. The van der Waals surface area contributed by atoms with Crippen molar-refractivity contribution < 1.29 is 34.0 Å². The number of rotatable bonds is 10. The summed E-state index contributed by atoms with van der Waals surface area (Å²) in [5.41, 5.74) is 0.488. The van der Waals surface area contributed by atoms with E-state index < -0.39 is 23.4 Å². The quantitative estimate of drug-likeness (QED) is 0.229. The summed E-state index contributed by atoms with van der Waals surface area (Å²) >= 11 is 0. The van der Waals surface area contributed by atoms with Gasteiger partial charge in [-0.05, 0) is 58.6 Å². The van der Waals surface area contributed by atoms with E-state index in [1.165, 1.54) is 6.92 Å². The third kappa shape index (κ3) is 8.01. The molecule has 0 aromatic rings. The molecule has 0 bridgehead atoms. The van der Waals surface area contributed by atoms with E-state index >= 15 is 0 Å². The topological polar surface area (TPSA) is 110 Å². The maximum atomic E-state index is 11.1. The van der Waals surface area contributed by atoms with E-state index in [0.29, 0.717) is 18.9 Å². The van der Waals surface area contributed by atoms with Crippen LogP contribution in [-0.2, 0) is 23.7 Å². The Hall–Kier alpha value is -1.97. The number of aliphatic hydroxyl groups excluding tert-OH is 2. The molecule has 3 aliphatic heterocycles. The van der Waals surface area contributed by atoms with Crippen molar-refractivity contribution in [3.05, 3.63) is 48.2 Å². The standard InChI is InChI=1S/C29H45NO7/c1-18(9-13-26-27(33)29(17-34-29)15-28(7,16-31)37-26)8-12-25-19(2)14-24(22(5)36-25)30-20(3)10-11-21(4)35-23(6)32/h8-11,13,19,21-22,24-27,30-31,33H,3,12,14-17H2,1-2,4-7H3/b11-10-,13-9+,18-8+/t19-,21+,22+,24?,25-,26+,27+,28-,29+/m0/s1. The van der Waals surface area contributed by atoms with Gasteiger partial charge in [0.05, 0.1) is 37.1 Å². The summed E-state index contributed by atoms with van der Waals surface area (Å²) in [6.07, 6.45) is 10.3. The van der Waals surface area contributed by atoms with Crippen molar-refractivity contribution in [1.29, 1.82) is 0 Å². The van der Waals surface area contributed by atoms with Gasteiger partial charge in [-0.3, -0.25) is 4.79 Å². The van der Waals surface area contributed by atoms with Crippen LogP contribution in [0.4, 0.5) is 0 Å². The van der Waals surface area contributed by atoms with Gasteiger partial charge in [-0.1, -0.05) is 37.3 Å². The van der Waals surface area contributed by atoms with Gasteiger partial charge in [0.1, 0.15) is 23.9 Å². The van der Waals surface area contributed by atoms with Crippen LogP contribution in [0.3, 0.4) is 0 Å². The maximum absolute atomic E-state index is 11.1. The minimum absolute atomic E-state index is 0.0122. The summed E-state index contributed by atoms with van der Waals surface area (Å²) in [7, 11) is 0. The number of esters is 1. The highest BCUT2D eigenvalue weighted by Gasteiger charge is 2.61. The average molecular weight is 520 g/mol. The van der Waals surface area contributed by atoms with Crippen molar-refractivity contribution in [2.75, 3.05) is 13.2 Å². The van der Waals surface area contributed by atoms with E-state index in [-0.39, 0.29) is 36.9 Å². The molecule has 0 aromatic carbocycles. The monoisotopic (exact) mass is 519 g/mol. The highest BCUT2D eigenvalue weighted by Crippen LogP contribution is 2.46. The second kappa shape index (κ2) is 12.3. The third-order valence-corrected chi connectivity index (χ3v) is 7.52. The molecular formula is C29H45NO7. The van der Waals surface area contributed by atoms with Crippen LogP contribution in [0.5, 0.6) is 0 Å². The van der Waals surface area contributed by atoms with Crippen molar-refractivity contribution in [2.24, 2.45) is 5.92 Å². The van der Waals surface area contributed by atoms with Crippen molar-refractivity contribution in [3.8, 4) is 0 Å². The van der Waals surface area contributed by atoms with E-state index in [2.05, 4.69) is 31.8 Å². The summed E-state index contributed by atoms with van der Waals surface area (Å²) in [4.78, 5) is 11.1. The first-order valence-electron chi connectivity index (χ1n) is 13.3. The molecule has 3 fully saturated rings. The fraction of sp³-hybridized carbons (Fsp3) is 0.690. The molecule has 37 heavy (non-hydrogen) atoms. The number of ether oxygens (including phenoxy) is 4. The Labute approximate surface area is 221 Å². The number of carbonyl (C=O) groups is 1. The van der Waals surface area contributed by atoms with Gasteiger partial charge in [0.25, 0.3) is 0 Å². The Morgan fingerprint density at radius 1 is 1.30 bits per heavy atom. The van der Waals surface area contributed by atoms with Crippen LogP contribution in [0.25, 0.3) is 0 Å². The summed E-state index contributed by atoms with van der Waals surface area (Å²) in [6, 6.07) is 0.139. The van der Waals surface area contributed by atoms with Crippen molar-refractivity contribution in [2.45, 2.75) is 109 Å². The van der Waals surface area contributed by atoms with Crippen LogP contribution >= 0.6 is 0 Å². The van der Waals surface area contributed by atoms with Gasteiger partial charge in [0, 0.05) is 19.0 Å². The molecule has 1 spiro atoms. The first kappa shape index (κ1) is 29.6. The number of hydrogen-bond donors (Lipinski definition) is 3. The van der Waals surface area contributed by atoms with Crippen LogP contribution in [0, 0.1) is 5.92 Å². The van der Waals surface area contributed by atoms with E-state index in [9.17, 15) is 15.0 Å². The molecule has 3 N–H and O–H groups in total. The Morgan fingerprint density at radius 2 is 2.00 bits per heavy atom. The molecule has 3 aliphatic rings. The van der Waals surface area contributed by atoms with E-state index in [1.807, 2.05) is 39.0 Å². The summed E-state index contributed by atoms with van der Waals surface area (Å²) in [5, 5.41) is 23.9. The molecule has 3 heterocycles. The van der Waals surface area contributed by atoms with Crippen LogP contribution in [0.1, 0.15) is 60.8 Å². The summed E-state index contributed by atoms with van der Waals surface area (Å²) < 4.78 is 23.0. The van der Waals surface area contributed by atoms with Crippen molar-refractivity contribution >= 4 is 5.97 Å². The van der Waals surface area contributed by atoms with E-state index in [0.717, 1.165) is 24.1 Å². The van der Waals surface area contributed by atoms with Crippen molar-refractivity contribution in [1.82, 2.24) is 5.32 Å². The largest absolute Gasteiger partial charge is 0.459 e. The highest BCUT2D eigenvalue weighted by atomic mass is 16.6. The van der Waals surface area contributed by atoms with Gasteiger partial charge < -0.3 is 34.5 Å². The van der Waals surface area contributed by atoms with Gasteiger partial charge >= 0.3 is 5.97 Å². The number of epoxide rings is 1. The van der Waals surface area contributed by atoms with Crippen LogP contribution < -0.4 is 5.32 Å². The Bertz CT molecular complexity index is 908. The predicted molar refractivity (Wildman–Crippen MR) is 142 cm³/mol. The molecule has 3 rings (SSSR count). The van der Waals surface area contributed by atoms with Crippen LogP contribution in [0.15, 0.2) is 48.2 Å². The molecule has 0 aromatic heterocycles. The lowest BCUT2D eigenvalue weighted by Crippen LogP contribution is -2.56. The molecule has 208 valence electrons. The van der Waals surface area contributed by atoms with Crippen LogP contribution in [0.2, 0.25) is 0 Å². The molecule has 3 saturated heterocycles. The van der Waals surface area contributed by atoms with Crippen LogP contribution in [-0.4, -0.2) is 77.2 Å². The third-order valence-electron chi connectivity index (χ3n) is 7.52. The van der Waals surface area contributed by atoms with Gasteiger partial charge in [-0.15, -0.1) is 0 Å². The molecule has 8 nitrogen and oxygen atoms in total. The molecule has 0 saturated carbocycles. The second-order valence-corrected chi connectivity index (χ2v) is 11.3. The number of nitrogens with one attached hydrogen (secondary N) is 1. The van der Waals surface area contributed by atoms with Gasteiger partial charge in [-0.25, -0.2) is 0 Å². The number of allylic oxidation sites excluding steroid dienone is 3. The zero-order chi connectivity index (χ0) is 27.4. The first-order valence-corrected chi connectivity index (χ1v) is 13.3. The zero-order valence-corrected chi connectivity index (χ0v) is 23.1. The number of aliphatic hydroxyl groups is 2. The normalized spacial score (nSPS) is 39.2. The second-order valence-electron chi connectivity index (χ2n) is 11.3. The smallest absolute Gasteiger partial charge is 0.303 e. The summed E-state index contributed by atoms with van der Waals surface area (Å²) in [6.45, 7) is 15.8. The fourth-order valence-electron chi connectivity index (χ4n) is 5.24. The zero-order valence-electron chi connectivity index (χ0n) is 23.1. The number of carbonyl (C=O) groups excluding carboxylic acids is 1. The van der Waals surface area contributed by atoms with Crippen molar-refractivity contribution in [3.63, 3.8) is 0 Å². The summed E-state index contributed by atoms with van der Waals surface area (Å²) in [5.74, 6) is 0.0367. The molecule has 0 aliphatic carbocycles. The molecule has 1 unspecified atom stereocenters. The maximum Gasteiger partial charge on any atom is 0.303 e. The minimum Gasteiger partial charge on any atom is -0.459 e. The van der Waals surface area contributed by atoms with Gasteiger partial charge in [0.2, 0.25) is 0 Å².